The number of anilines is 4. The Morgan fingerprint density at radius 1 is 1.18 bits per heavy atom. The molecule has 0 spiro atoms. The molecule has 22 heavy (non-hydrogen) atoms. The van der Waals surface area contributed by atoms with E-state index in [9.17, 15) is 0 Å². The molecule has 0 radical (unpaired) electrons. The first-order chi connectivity index (χ1) is 10.8. The van der Waals surface area contributed by atoms with Crippen molar-refractivity contribution in [1.82, 2.24) is 15.0 Å². The van der Waals surface area contributed by atoms with Gasteiger partial charge < -0.3 is 25.4 Å². The van der Waals surface area contributed by atoms with E-state index in [0.717, 1.165) is 5.13 Å². The van der Waals surface area contributed by atoms with Crippen LogP contribution in [0.4, 0.5) is 22.5 Å². The number of nitrogen functional groups attached to an aromatic ring is 1. The van der Waals surface area contributed by atoms with Crippen molar-refractivity contribution in [2.24, 2.45) is 0 Å². The smallest absolute Gasteiger partial charge is 0.188 e. The summed E-state index contributed by atoms with van der Waals surface area (Å²) in [6.07, 6.45) is 3.20. The van der Waals surface area contributed by atoms with E-state index in [0.29, 0.717) is 43.6 Å². The first-order valence-electron chi connectivity index (χ1n) is 6.76. The molecule has 2 rings (SSSR count). The molecule has 0 bridgehead atoms. The summed E-state index contributed by atoms with van der Waals surface area (Å²) in [7, 11) is 3.32. The van der Waals surface area contributed by atoms with Crippen molar-refractivity contribution in [3.63, 3.8) is 0 Å². The molecule has 0 aromatic carbocycles. The van der Waals surface area contributed by atoms with Gasteiger partial charge in [-0.25, -0.2) is 15.0 Å². The van der Waals surface area contributed by atoms with Crippen LogP contribution < -0.4 is 16.0 Å². The Hall–Kier alpha value is -1.97. The van der Waals surface area contributed by atoms with E-state index in [2.05, 4.69) is 20.3 Å². The first kappa shape index (κ1) is 16.4. The third-order valence-corrected chi connectivity index (χ3v) is 3.64. The second-order valence-corrected chi connectivity index (χ2v) is 5.29. The van der Waals surface area contributed by atoms with Gasteiger partial charge in [0.05, 0.1) is 13.2 Å². The number of hydrogen-bond acceptors (Lipinski definition) is 9. The van der Waals surface area contributed by atoms with Gasteiger partial charge in [0.25, 0.3) is 0 Å². The Kier molecular flexibility index (Phi) is 6.31. The van der Waals surface area contributed by atoms with Gasteiger partial charge in [0, 0.05) is 38.9 Å². The van der Waals surface area contributed by atoms with E-state index >= 15 is 0 Å². The molecule has 0 atom stereocenters. The SMILES string of the molecule is COCCN(CCOC)c1ncnc(Nc2nccs2)c1N. The number of nitrogens with one attached hydrogen (secondary N) is 1. The molecule has 3 N–H and O–H groups in total. The predicted octanol–water partition coefficient (Wildman–Crippen LogP) is 1.36. The number of hydrogen-bond donors (Lipinski definition) is 2. The minimum atomic E-state index is 0.477. The van der Waals surface area contributed by atoms with Gasteiger partial charge in [-0.1, -0.05) is 0 Å². The van der Waals surface area contributed by atoms with Gasteiger partial charge >= 0.3 is 0 Å². The highest BCUT2D eigenvalue weighted by Gasteiger charge is 2.15. The Labute approximate surface area is 133 Å². The summed E-state index contributed by atoms with van der Waals surface area (Å²) < 4.78 is 10.3. The van der Waals surface area contributed by atoms with E-state index in [1.54, 1.807) is 20.4 Å². The van der Waals surface area contributed by atoms with Crippen molar-refractivity contribution in [1.29, 1.82) is 0 Å². The summed E-state index contributed by atoms with van der Waals surface area (Å²) in [4.78, 5) is 14.7. The van der Waals surface area contributed by atoms with Crippen molar-refractivity contribution >= 4 is 33.8 Å². The molecule has 120 valence electrons. The molecule has 0 saturated heterocycles. The van der Waals surface area contributed by atoms with Crippen molar-refractivity contribution in [2.75, 3.05) is 56.5 Å². The van der Waals surface area contributed by atoms with Gasteiger partial charge in [0.1, 0.15) is 12.0 Å². The van der Waals surface area contributed by atoms with E-state index in [-0.39, 0.29) is 0 Å². The molecule has 8 nitrogen and oxygen atoms in total. The van der Waals surface area contributed by atoms with Crippen LogP contribution in [0.25, 0.3) is 0 Å². The summed E-state index contributed by atoms with van der Waals surface area (Å²) in [6, 6.07) is 0. The third-order valence-electron chi connectivity index (χ3n) is 2.95. The molecule has 0 fully saturated rings. The second-order valence-electron chi connectivity index (χ2n) is 4.39. The number of ether oxygens (including phenoxy) is 2. The topological polar surface area (TPSA) is 98.4 Å². The zero-order chi connectivity index (χ0) is 15.8. The normalized spacial score (nSPS) is 10.6. The number of thiazole rings is 1. The van der Waals surface area contributed by atoms with Crippen LogP contribution in [0.2, 0.25) is 0 Å². The number of nitrogens with zero attached hydrogens (tertiary/aromatic N) is 4. The lowest BCUT2D eigenvalue weighted by Crippen LogP contribution is -2.32. The highest BCUT2D eigenvalue weighted by molar-refractivity contribution is 7.13. The zero-order valence-corrected chi connectivity index (χ0v) is 13.5. The van der Waals surface area contributed by atoms with E-state index < -0.39 is 0 Å². The van der Waals surface area contributed by atoms with Gasteiger partial charge in [-0.15, -0.1) is 11.3 Å². The summed E-state index contributed by atoms with van der Waals surface area (Å²) in [6.45, 7) is 2.47. The van der Waals surface area contributed by atoms with Crippen molar-refractivity contribution in [3.05, 3.63) is 17.9 Å². The lowest BCUT2D eigenvalue weighted by Gasteiger charge is -2.24. The fourth-order valence-corrected chi connectivity index (χ4v) is 2.38. The van der Waals surface area contributed by atoms with E-state index in [1.807, 2.05) is 10.3 Å². The standard InChI is InChI=1S/C13H20N6O2S/c1-20-6-4-19(5-7-21-2)12-10(14)11(16-9-17-12)18-13-15-3-8-22-13/h3,8-9H,4-7,14H2,1-2H3,(H,15,16,17,18). The molecule has 0 amide bonds. The molecule has 2 aromatic rings. The lowest BCUT2D eigenvalue weighted by atomic mass is 10.3. The Balaban J connectivity index is 2.20. The van der Waals surface area contributed by atoms with Gasteiger partial charge in [0.15, 0.2) is 16.8 Å². The summed E-state index contributed by atoms with van der Waals surface area (Å²) in [5.41, 5.74) is 6.69. The van der Waals surface area contributed by atoms with Crippen LogP contribution in [0.15, 0.2) is 17.9 Å². The van der Waals surface area contributed by atoms with Crippen LogP contribution >= 0.6 is 11.3 Å². The van der Waals surface area contributed by atoms with E-state index in [4.69, 9.17) is 15.2 Å². The lowest BCUT2D eigenvalue weighted by molar-refractivity contribution is 0.190. The molecule has 2 heterocycles. The number of nitrogens with two attached hydrogens (primary N) is 1. The Bertz CT molecular complexity index is 558. The quantitative estimate of drug-likeness (QED) is 0.713. The van der Waals surface area contributed by atoms with Crippen molar-refractivity contribution < 1.29 is 9.47 Å². The van der Waals surface area contributed by atoms with Crippen LogP contribution in [-0.4, -0.2) is 55.5 Å². The van der Waals surface area contributed by atoms with Gasteiger partial charge in [-0.3, -0.25) is 0 Å². The summed E-state index contributed by atoms with van der Waals surface area (Å²) in [5, 5.41) is 5.71. The number of rotatable bonds is 9. The molecular formula is C13H20N6O2S. The minimum absolute atomic E-state index is 0.477. The molecular weight excluding hydrogens is 304 g/mol. The number of methoxy groups -OCH3 is 2. The molecule has 2 aromatic heterocycles. The largest absolute Gasteiger partial charge is 0.393 e. The Morgan fingerprint density at radius 3 is 2.50 bits per heavy atom. The predicted molar refractivity (Wildman–Crippen MR) is 87.8 cm³/mol. The van der Waals surface area contributed by atoms with E-state index in [1.165, 1.54) is 17.7 Å². The van der Waals surface area contributed by atoms with Crippen molar-refractivity contribution in [2.45, 2.75) is 0 Å². The van der Waals surface area contributed by atoms with Gasteiger partial charge in [-0.05, 0) is 0 Å². The van der Waals surface area contributed by atoms with Crippen LogP contribution in [0.5, 0.6) is 0 Å². The third kappa shape index (κ3) is 4.26. The molecule has 0 saturated carbocycles. The maximum atomic E-state index is 6.21. The maximum Gasteiger partial charge on any atom is 0.188 e. The Morgan fingerprint density at radius 2 is 1.91 bits per heavy atom. The monoisotopic (exact) mass is 324 g/mol. The molecule has 9 heteroatoms. The fourth-order valence-electron chi connectivity index (χ4n) is 1.85. The molecule has 0 aliphatic rings. The summed E-state index contributed by atoms with van der Waals surface area (Å²) >= 11 is 1.48. The summed E-state index contributed by atoms with van der Waals surface area (Å²) in [5.74, 6) is 1.20. The second kappa shape index (κ2) is 8.47. The first-order valence-corrected chi connectivity index (χ1v) is 7.64. The highest BCUT2D eigenvalue weighted by atomic mass is 32.1. The average Bonchev–Trinajstić information content (AvgIpc) is 3.03. The van der Waals surface area contributed by atoms with Crippen LogP contribution in [0, 0.1) is 0 Å². The van der Waals surface area contributed by atoms with Gasteiger partial charge in [-0.2, -0.15) is 0 Å². The zero-order valence-electron chi connectivity index (χ0n) is 12.7. The van der Waals surface area contributed by atoms with Crippen LogP contribution in [0.1, 0.15) is 0 Å². The highest BCUT2D eigenvalue weighted by Crippen LogP contribution is 2.28. The maximum absolute atomic E-state index is 6.21. The van der Waals surface area contributed by atoms with Gasteiger partial charge in [0.2, 0.25) is 0 Å². The molecule has 0 aliphatic heterocycles. The van der Waals surface area contributed by atoms with Crippen LogP contribution in [0.3, 0.4) is 0 Å². The number of aromatic nitrogens is 3. The van der Waals surface area contributed by atoms with Crippen LogP contribution in [-0.2, 0) is 9.47 Å². The van der Waals surface area contributed by atoms with Crippen molar-refractivity contribution in [3.8, 4) is 0 Å². The molecule has 0 unspecified atom stereocenters. The average molecular weight is 324 g/mol. The minimum Gasteiger partial charge on any atom is -0.393 e. The molecule has 0 aliphatic carbocycles. The fraction of sp³-hybridized carbons (Fsp3) is 0.462.